The van der Waals surface area contributed by atoms with Crippen LogP contribution in [-0.4, -0.2) is 24.5 Å². The van der Waals surface area contributed by atoms with Gasteiger partial charge in [0, 0.05) is 12.1 Å². The standard InChI is InChI=1S/C12H2Cl3F11O3/c13-4-1-3(2-5(14)6(4)15)27-7(16)8(17)28-10(20,21)9(18,19)11(22,23)29-12(24,25)26/h1-2H/b8-7+. The van der Waals surface area contributed by atoms with Crippen LogP contribution in [-0.2, 0) is 9.47 Å². The lowest BCUT2D eigenvalue weighted by Gasteiger charge is -2.31. The van der Waals surface area contributed by atoms with Crippen LogP contribution in [0.4, 0.5) is 48.3 Å². The van der Waals surface area contributed by atoms with Crippen LogP contribution in [0.2, 0.25) is 15.1 Å². The Labute approximate surface area is 167 Å². The highest BCUT2D eigenvalue weighted by molar-refractivity contribution is 6.48. The Hall–Kier alpha value is -1.38. The van der Waals surface area contributed by atoms with Crippen molar-refractivity contribution in [3.05, 3.63) is 39.2 Å². The maximum atomic E-state index is 13.4. The van der Waals surface area contributed by atoms with Gasteiger partial charge in [0.1, 0.15) is 5.75 Å². The summed E-state index contributed by atoms with van der Waals surface area (Å²) < 4.78 is 148. The van der Waals surface area contributed by atoms with E-state index >= 15 is 0 Å². The average molecular weight is 509 g/mol. The molecule has 0 bridgehead atoms. The molecule has 166 valence electrons. The zero-order valence-electron chi connectivity index (χ0n) is 12.7. The van der Waals surface area contributed by atoms with Gasteiger partial charge in [-0.05, 0) is 0 Å². The minimum absolute atomic E-state index is 0.306. The van der Waals surface area contributed by atoms with Crippen molar-refractivity contribution in [3.8, 4) is 5.75 Å². The van der Waals surface area contributed by atoms with E-state index in [1.165, 1.54) is 0 Å². The van der Waals surface area contributed by atoms with E-state index < -0.39 is 52.3 Å². The molecular formula is C12H2Cl3F11O3. The van der Waals surface area contributed by atoms with Gasteiger partial charge in [0.15, 0.2) is 0 Å². The van der Waals surface area contributed by atoms with Gasteiger partial charge in [-0.15, -0.1) is 13.2 Å². The fourth-order valence-electron chi connectivity index (χ4n) is 1.33. The highest BCUT2D eigenvalue weighted by Crippen LogP contribution is 2.50. The first-order valence-corrected chi connectivity index (χ1v) is 7.41. The molecule has 0 fully saturated rings. The van der Waals surface area contributed by atoms with Crippen molar-refractivity contribution >= 4 is 34.8 Å². The van der Waals surface area contributed by atoms with E-state index in [0.29, 0.717) is 12.1 Å². The molecule has 0 unspecified atom stereocenters. The number of halogens is 14. The summed E-state index contributed by atoms with van der Waals surface area (Å²) in [6.45, 7) is 0. The third-order valence-electron chi connectivity index (χ3n) is 2.51. The van der Waals surface area contributed by atoms with Crippen LogP contribution >= 0.6 is 34.8 Å². The Morgan fingerprint density at radius 2 is 1.17 bits per heavy atom. The summed E-state index contributed by atoms with van der Waals surface area (Å²) in [6, 6.07) is -4.91. The lowest BCUT2D eigenvalue weighted by Crippen LogP contribution is -2.57. The third kappa shape index (κ3) is 6.06. The Bertz CT molecular complexity index is 772. The van der Waals surface area contributed by atoms with Crippen molar-refractivity contribution in [2.45, 2.75) is 24.5 Å². The maximum absolute atomic E-state index is 13.4. The van der Waals surface area contributed by atoms with E-state index in [4.69, 9.17) is 34.8 Å². The molecular weight excluding hydrogens is 507 g/mol. The summed E-state index contributed by atoms with van der Waals surface area (Å²) in [4.78, 5) is 0. The Morgan fingerprint density at radius 3 is 1.59 bits per heavy atom. The number of rotatable bonds is 7. The molecule has 0 saturated carbocycles. The smallest absolute Gasteiger partial charge is 0.427 e. The van der Waals surface area contributed by atoms with Crippen molar-refractivity contribution in [2.75, 3.05) is 0 Å². The molecule has 0 heterocycles. The van der Waals surface area contributed by atoms with Crippen molar-refractivity contribution in [3.63, 3.8) is 0 Å². The number of alkyl halides is 9. The lowest BCUT2D eigenvalue weighted by molar-refractivity contribution is -0.505. The Kier molecular flexibility index (Phi) is 7.43. The van der Waals surface area contributed by atoms with E-state index in [-0.39, 0.29) is 5.02 Å². The second kappa shape index (κ2) is 8.40. The molecule has 0 atom stereocenters. The van der Waals surface area contributed by atoms with E-state index in [1.54, 1.807) is 4.74 Å². The largest absolute Gasteiger partial charge is 0.527 e. The molecule has 17 heteroatoms. The summed E-state index contributed by atoms with van der Waals surface area (Å²) in [6.07, 6.45) is -20.2. The highest BCUT2D eigenvalue weighted by Gasteiger charge is 2.78. The quantitative estimate of drug-likeness (QED) is 0.217. The first-order valence-electron chi connectivity index (χ1n) is 6.28. The lowest BCUT2D eigenvalue weighted by atomic mass is 10.3. The molecule has 0 N–H and O–H groups in total. The van der Waals surface area contributed by atoms with Crippen molar-refractivity contribution in [1.82, 2.24) is 0 Å². The van der Waals surface area contributed by atoms with Gasteiger partial charge in [0.2, 0.25) is 0 Å². The van der Waals surface area contributed by atoms with Gasteiger partial charge < -0.3 is 9.47 Å². The molecule has 1 aromatic rings. The molecule has 0 saturated heterocycles. The molecule has 1 rings (SSSR count). The fraction of sp³-hybridized carbons (Fsp3) is 0.333. The average Bonchev–Trinajstić information content (AvgIpc) is 2.49. The molecule has 1 aromatic carbocycles. The Morgan fingerprint density at radius 1 is 0.724 bits per heavy atom. The predicted octanol–water partition coefficient (Wildman–Crippen LogP) is 7.47. The van der Waals surface area contributed by atoms with Gasteiger partial charge in [-0.1, -0.05) is 34.8 Å². The summed E-state index contributed by atoms with van der Waals surface area (Å²) in [5, 5.41) is -1.16. The fourth-order valence-corrected chi connectivity index (χ4v) is 1.91. The van der Waals surface area contributed by atoms with Crippen LogP contribution in [0.25, 0.3) is 0 Å². The molecule has 0 aliphatic heterocycles. The van der Waals surface area contributed by atoms with Gasteiger partial charge in [-0.2, -0.15) is 35.1 Å². The number of hydrogen-bond acceptors (Lipinski definition) is 3. The first-order chi connectivity index (χ1) is 12.8. The molecule has 0 amide bonds. The predicted molar refractivity (Wildman–Crippen MR) is 74.4 cm³/mol. The molecule has 0 aliphatic rings. The normalized spacial score (nSPS) is 14.6. The topological polar surface area (TPSA) is 27.7 Å². The van der Waals surface area contributed by atoms with E-state index in [1.807, 2.05) is 0 Å². The van der Waals surface area contributed by atoms with Crippen LogP contribution in [0, 0.1) is 0 Å². The van der Waals surface area contributed by atoms with Gasteiger partial charge in [0.25, 0.3) is 0 Å². The van der Waals surface area contributed by atoms with Crippen LogP contribution in [0.15, 0.2) is 24.2 Å². The minimum Gasteiger partial charge on any atom is -0.427 e. The van der Waals surface area contributed by atoms with Crippen molar-refractivity contribution in [1.29, 1.82) is 0 Å². The van der Waals surface area contributed by atoms with Crippen LogP contribution in [0.3, 0.4) is 0 Å². The SMILES string of the molecule is F/C(Oc1cc(Cl)c(Cl)c(Cl)c1)=C(/F)OC(F)(F)C(F)(F)C(F)(F)OC(F)(F)F. The van der Waals surface area contributed by atoms with Crippen LogP contribution in [0.5, 0.6) is 5.75 Å². The van der Waals surface area contributed by atoms with E-state index in [0.717, 1.165) is 0 Å². The van der Waals surface area contributed by atoms with E-state index in [2.05, 4.69) is 9.47 Å². The van der Waals surface area contributed by atoms with Gasteiger partial charge in [-0.25, -0.2) is 4.74 Å². The number of ether oxygens (including phenoxy) is 3. The maximum Gasteiger partial charge on any atom is 0.527 e. The summed E-state index contributed by atoms with van der Waals surface area (Å²) in [7, 11) is 0. The minimum atomic E-state index is -7.12. The molecule has 3 nitrogen and oxygen atoms in total. The summed E-state index contributed by atoms with van der Waals surface area (Å²) in [5.41, 5.74) is 0. The zero-order valence-corrected chi connectivity index (χ0v) is 14.9. The van der Waals surface area contributed by atoms with Crippen LogP contribution < -0.4 is 4.74 Å². The number of hydrogen-bond donors (Lipinski definition) is 0. The van der Waals surface area contributed by atoms with E-state index in [9.17, 15) is 48.3 Å². The third-order valence-corrected chi connectivity index (χ3v) is 3.71. The number of benzene rings is 1. The van der Waals surface area contributed by atoms with Crippen molar-refractivity contribution in [2.24, 2.45) is 0 Å². The summed E-state index contributed by atoms with van der Waals surface area (Å²) in [5.74, 6) is -7.97. The van der Waals surface area contributed by atoms with Gasteiger partial charge in [0.05, 0.1) is 15.1 Å². The second-order valence-electron chi connectivity index (χ2n) is 4.61. The molecule has 0 spiro atoms. The first kappa shape index (κ1) is 25.7. The zero-order chi connectivity index (χ0) is 23.0. The Balaban J connectivity index is 3.12. The molecule has 0 aliphatic carbocycles. The molecule has 0 radical (unpaired) electrons. The molecule has 0 aromatic heterocycles. The van der Waals surface area contributed by atoms with Gasteiger partial charge >= 0.3 is 36.5 Å². The van der Waals surface area contributed by atoms with Gasteiger partial charge in [-0.3, -0.25) is 0 Å². The second-order valence-corrected chi connectivity index (χ2v) is 5.80. The van der Waals surface area contributed by atoms with Crippen molar-refractivity contribution < 1.29 is 62.5 Å². The summed E-state index contributed by atoms with van der Waals surface area (Å²) >= 11 is 16.5. The molecule has 29 heavy (non-hydrogen) atoms. The highest BCUT2D eigenvalue weighted by atomic mass is 35.5. The monoisotopic (exact) mass is 508 g/mol. The van der Waals surface area contributed by atoms with Crippen LogP contribution in [0.1, 0.15) is 0 Å².